The van der Waals surface area contributed by atoms with Gasteiger partial charge in [0.25, 0.3) is 0 Å². The van der Waals surface area contributed by atoms with Gasteiger partial charge in [-0.1, -0.05) is 68.0 Å². The van der Waals surface area contributed by atoms with Crippen LogP contribution in [0.1, 0.15) is 56.5 Å². The Morgan fingerprint density at radius 3 is 1.49 bits per heavy atom. The van der Waals surface area contributed by atoms with E-state index in [0.29, 0.717) is 0 Å². The van der Waals surface area contributed by atoms with Crippen molar-refractivity contribution in [3.8, 4) is 22.5 Å². The molecule has 4 nitrogen and oxygen atoms in total. The van der Waals surface area contributed by atoms with Gasteiger partial charge in [0, 0.05) is 106 Å². The summed E-state index contributed by atoms with van der Waals surface area (Å²) in [6.45, 7) is 16.0. The molecule has 0 bridgehead atoms. The van der Waals surface area contributed by atoms with Crippen LogP contribution in [-0.2, 0) is 42.6 Å². The number of hydrogen-bond donors (Lipinski definition) is 2. The van der Waals surface area contributed by atoms with Crippen LogP contribution in [-0.4, -0.2) is 33.3 Å². The summed E-state index contributed by atoms with van der Waals surface area (Å²) in [6, 6.07) is 12.6. The molecule has 6 heterocycles. The summed E-state index contributed by atoms with van der Waals surface area (Å²) in [6.07, 6.45) is 12.7. The van der Waals surface area contributed by atoms with Crippen molar-refractivity contribution in [3.05, 3.63) is 145 Å². The number of H-pyrrole nitrogens is 2. The number of nitrogens with one attached hydrogen (secondary N) is 2. The van der Waals surface area contributed by atoms with Gasteiger partial charge in [0.05, 0.1) is 30.5 Å². The summed E-state index contributed by atoms with van der Waals surface area (Å²) in [5.41, 5.74) is 10.3. The number of fused-ring (bicyclic) bond motifs is 8. The Labute approximate surface area is 613 Å². The molecule has 1 fully saturated rings. The molecule has 0 aromatic carbocycles. The first-order chi connectivity index (χ1) is 31.8. The molecule has 0 saturated heterocycles. The van der Waals surface area contributed by atoms with Gasteiger partial charge >= 0.3 is 184 Å². The molecule has 1 saturated carbocycles. The van der Waals surface area contributed by atoms with E-state index < -0.39 is 50.7 Å². The first-order valence-corrected chi connectivity index (χ1v) is 74.1. The standard InChI is InChI=1S/2C11H6Br2N2.C11H15BrSSi.C8H11BrS.C2H6.4CH3.8BrH.2ClH.2Li.Ti.2Zr/c2*12-8-2-6-1-7-3-9(13)5-15-11(7)10(6)14-4-8;1-7-5-8-9(12)6-13-10(8)11(7)14(2,3)4;1-5-2-6-7(9)4-10-8(6)3-5;1-2;;;;;;;;;;;;;;;;;;;/h2*1-5,14H;5-6,11H,1-4H3;4-6,8H,2-3H2,1H3;1-2H3;4*1H3;10*1H;;;;;/q;;;;;4*-1;;;;;;;;;;;2*+1;+2;+3;+4/p-10. The molecule has 3 aromatic rings. The summed E-state index contributed by atoms with van der Waals surface area (Å²) in [5, 5.41) is 7.70. The topological polar surface area (TPSA) is 57.4 Å². The number of halogens is 16. The minimum absolute atomic E-state index is 0. The largest absolute Gasteiger partial charge is 1.00 e. The fraction of sp³-hybridized carbons (Fsp3) is 0.277. The Morgan fingerprint density at radius 2 is 1.12 bits per heavy atom. The third kappa shape index (κ3) is 31.4. The maximum atomic E-state index is 4.89. The number of aromatic amines is 2. The van der Waals surface area contributed by atoms with Crippen molar-refractivity contribution >= 4 is 259 Å². The Hall–Kier alpha value is 7.06. The van der Waals surface area contributed by atoms with Gasteiger partial charge in [0.1, 0.15) is 0 Å². The van der Waals surface area contributed by atoms with Gasteiger partial charge in [-0.15, -0.1) is 23.1 Å². The molecule has 4 aliphatic carbocycles. The van der Waals surface area contributed by atoms with Gasteiger partial charge in [0.15, 0.2) is 0 Å². The second kappa shape index (κ2) is 45.3. The molecular weight excluding hydrogens is 2150 g/mol. The molecule has 3 aliphatic heterocycles. The van der Waals surface area contributed by atoms with Crippen LogP contribution >= 0.6 is 223 Å². The molecule has 409 valence electrons. The maximum Gasteiger partial charge on any atom is 1.00 e. The van der Waals surface area contributed by atoms with Gasteiger partial charge in [-0.3, -0.25) is 9.97 Å². The monoisotopic (exact) mass is 2180 g/mol. The van der Waals surface area contributed by atoms with Gasteiger partial charge in [-0.05, 0) is 147 Å². The van der Waals surface area contributed by atoms with Crippen LogP contribution in [0, 0.1) is 41.5 Å². The van der Waals surface area contributed by atoms with E-state index >= 15 is 0 Å². The third-order valence-corrected chi connectivity index (χ3v) is 18.8. The van der Waals surface area contributed by atoms with Crippen molar-refractivity contribution in [1.82, 2.24) is 19.9 Å². The number of thioether (sulfide) groups is 1. The van der Waals surface area contributed by atoms with E-state index in [9.17, 15) is 0 Å². The van der Waals surface area contributed by atoms with Crippen LogP contribution in [0.3, 0.4) is 0 Å². The van der Waals surface area contributed by atoms with E-state index in [0.717, 1.165) is 73.7 Å². The van der Waals surface area contributed by atoms with E-state index in [2.05, 4.69) is 288 Å². The predicted octanol–water partition coefficient (Wildman–Crippen LogP) is 17.8. The zero-order valence-electron chi connectivity index (χ0n) is 43.5. The van der Waals surface area contributed by atoms with Gasteiger partial charge in [0.2, 0.25) is 0 Å². The molecule has 4 atom stereocenters. The fourth-order valence-electron chi connectivity index (χ4n) is 7.73. The first kappa shape index (κ1) is 90.8. The quantitative estimate of drug-likeness (QED) is 0.127. The molecule has 10 rings (SSSR count). The van der Waals surface area contributed by atoms with Crippen molar-refractivity contribution in [2.75, 3.05) is 0 Å². The van der Waals surface area contributed by atoms with Gasteiger partial charge < -0.3 is 56.7 Å². The third-order valence-electron chi connectivity index (χ3n) is 9.95. The van der Waals surface area contributed by atoms with Crippen LogP contribution < -0.4 is 54.7 Å². The SMILES string of the molecule is Brc1c[nH]c2c3ncc(Br)cc3cc-2c1.Brc1c[nH]c2c3ncc(Br)cc3cc-2c1.CC.CC1=Cc2c(Br)csc2C1[Si](C)(C)C.CC1CC2SC=C(Br)C2C1.[Br-].[Br][Zr]([Br])([Br])[Br].[Br][Zr]([Br])[Br].[CH3-].[CH3-].[CH3-].[CH3-].[Cl][Ti][Cl].[Li+].[Li+]. The molecule has 4 unspecified atom stereocenters. The summed E-state index contributed by atoms with van der Waals surface area (Å²) in [5.74, 6) is 1.81. The number of thiophene rings is 1. The molecule has 0 radical (unpaired) electrons. The molecule has 3 aromatic heterocycles. The van der Waals surface area contributed by atoms with Crippen LogP contribution in [0.2, 0.25) is 19.6 Å². The normalized spacial score (nSPS) is 15.9. The van der Waals surface area contributed by atoms with Crippen molar-refractivity contribution in [2.24, 2.45) is 11.8 Å². The van der Waals surface area contributed by atoms with Crippen molar-refractivity contribution in [1.29, 1.82) is 0 Å². The van der Waals surface area contributed by atoms with E-state index in [-0.39, 0.29) is 84.4 Å². The molecule has 0 spiro atoms. The minimum Gasteiger partial charge on any atom is 1.00 e. The van der Waals surface area contributed by atoms with Crippen LogP contribution in [0.15, 0.2) is 104 Å². The Kier molecular flexibility index (Phi) is 54.9. The van der Waals surface area contributed by atoms with Crippen LogP contribution in [0.5, 0.6) is 0 Å². The Morgan fingerprint density at radius 1 is 0.720 bits per heavy atom. The number of aromatic nitrogens is 4. The van der Waals surface area contributed by atoms with E-state index in [1.807, 2.05) is 61.7 Å². The van der Waals surface area contributed by atoms with E-state index in [1.54, 1.807) is 10.5 Å². The Balaban J connectivity index is -0.000000262. The molecule has 2 N–H and O–H groups in total. The number of nitrogens with zero attached hydrogens (tertiary/aromatic N) is 2. The fourth-order valence-corrected chi connectivity index (χ4v) is 16.9. The van der Waals surface area contributed by atoms with Crippen molar-refractivity contribution in [3.63, 3.8) is 0 Å². The Bertz CT molecular complexity index is 2580. The number of pyridine rings is 4. The van der Waals surface area contributed by atoms with Crippen LogP contribution in [0.4, 0.5) is 0 Å². The maximum absolute atomic E-state index is 4.89. The van der Waals surface area contributed by atoms with Crippen molar-refractivity contribution in [2.45, 2.75) is 71.0 Å². The predicted molar refractivity (Wildman–Crippen MR) is 369 cm³/mol. The summed E-state index contributed by atoms with van der Waals surface area (Å²) >= 11 is 46.5. The average Bonchev–Trinajstić information content (AvgIpc) is 4.08. The second-order valence-corrected chi connectivity index (χ2v) is 133. The molecule has 28 heteroatoms. The summed E-state index contributed by atoms with van der Waals surface area (Å²) in [7, 11) is 6.74. The number of rotatable bonds is 1. The van der Waals surface area contributed by atoms with Crippen LogP contribution in [0.25, 0.3) is 50.4 Å². The molecular formula is C47H56Br14Cl2Li2N4S2SiTiZr2-3. The zero-order chi connectivity index (χ0) is 51.3. The van der Waals surface area contributed by atoms with E-state index in [4.69, 9.17) is 18.6 Å². The minimum atomic E-state index is -1.93. The van der Waals surface area contributed by atoms with Gasteiger partial charge in [-0.2, -0.15) is 0 Å². The number of hydrogen-bond acceptors (Lipinski definition) is 4. The number of allylic oxidation sites excluding steroid dienone is 2. The summed E-state index contributed by atoms with van der Waals surface area (Å²) in [4.78, 5) is 16.9. The van der Waals surface area contributed by atoms with Crippen molar-refractivity contribution < 1.29 is 97.3 Å². The zero-order valence-corrected chi connectivity index (χ0v) is 76.3. The van der Waals surface area contributed by atoms with Gasteiger partial charge in [-0.25, -0.2) is 0 Å². The molecule has 0 amide bonds. The smallest absolute Gasteiger partial charge is 1.00 e. The molecule has 75 heavy (non-hydrogen) atoms. The van der Waals surface area contributed by atoms with E-state index in [1.165, 1.54) is 38.5 Å². The summed E-state index contributed by atoms with van der Waals surface area (Å²) < 4.78 is 6.83. The first-order valence-electron chi connectivity index (χ1n) is 20.3. The average molecular weight is 2200 g/mol. The second-order valence-electron chi connectivity index (χ2n) is 15.9. The molecule has 7 aliphatic rings.